The van der Waals surface area contributed by atoms with Crippen LogP contribution in [0.4, 0.5) is 0 Å². The van der Waals surface area contributed by atoms with E-state index in [2.05, 4.69) is 5.32 Å². The van der Waals surface area contributed by atoms with Gasteiger partial charge < -0.3 is 19.7 Å². The van der Waals surface area contributed by atoms with Crippen molar-refractivity contribution in [3.05, 3.63) is 0 Å². The minimum absolute atomic E-state index is 0.0186. The molecule has 2 saturated heterocycles. The lowest BCUT2D eigenvalue weighted by atomic mass is 10.0. The summed E-state index contributed by atoms with van der Waals surface area (Å²) in [6, 6.07) is 0.0186. The Morgan fingerprint density at radius 3 is 3.12 bits per heavy atom. The van der Waals surface area contributed by atoms with Crippen molar-refractivity contribution in [1.29, 1.82) is 0 Å². The van der Waals surface area contributed by atoms with Gasteiger partial charge in [0.1, 0.15) is 0 Å². The van der Waals surface area contributed by atoms with Crippen molar-refractivity contribution >= 4 is 5.91 Å². The number of nitrogens with one attached hydrogen (secondary N) is 1. The molecule has 2 aliphatic rings. The van der Waals surface area contributed by atoms with E-state index in [4.69, 9.17) is 9.47 Å². The van der Waals surface area contributed by atoms with Crippen LogP contribution in [0.1, 0.15) is 19.3 Å². The van der Waals surface area contributed by atoms with E-state index < -0.39 is 0 Å². The van der Waals surface area contributed by atoms with Gasteiger partial charge in [0.15, 0.2) is 0 Å². The topological polar surface area (TPSA) is 50.8 Å². The minimum atomic E-state index is 0.0186. The first-order valence-corrected chi connectivity index (χ1v) is 6.44. The molecule has 2 rings (SSSR count). The first kappa shape index (κ1) is 12.8. The third-order valence-electron chi connectivity index (χ3n) is 3.41. The molecule has 0 aromatic rings. The van der Waals surface area contributed by atoms with Gasteiger partial charge in [0.2, 0.25) is 5.91 Å². The highest BCUT2D eigenvalue weighted by atomic mass is 16.5. The van der Waals surface area contributed by atoms with Crippen molar-refractivity contribution < 1.29 is 14.3 Å². The summed E-state index contributed by atoms with van der Waals surface area (Å²) in [6.45, 7) is 3.50. The summed E-state index contributed by atoms with van der Waals surface area (Å²) in [7, 11) is 1.66. The predicted octanol–water partition coefficient (Wildman–Crippen LogP) is 0.00230. The molecule has 0 saturated carbocycles. The molecule has 17 heavy (non-hydrogen) atoms. The van der Waals surface area contributed by atoms with Gasteiger partial charge in [-0.1, -0.05) is 6.42 Å². The number of hydrogen-bond donors (Lipinski definition) is 1. The summed E-state index contributed by atoms with van der Waals surface area (Å²) in [5.41, 5.74) is 0. The lowest BCUT2D eigenvalue weighted by Crippen LogP contribution is -2.54. The Morgan fingerprint density at radius 2 is 2.41 bits per heavy atom. The van der Waals surface area contributed by atoms with Gasteiger partial charge in [-0.3, -0.25) is 4.79 Å². The van der Waals surface area contributed by atoms with Crippen molar-refractivity contribution in [1.82, 2.24) is 10.2 Å². The van der Waals surface area contributed by atoms with Crippen molar-refractivity contribution in [2.45, 2.75) is 31.4 Å². The summed E-state index contributed by atoms with van der Waals surface area (Å²) in [6.07, 6.45) is 3.32. The van der Waals surface area contributed by atoms with Crippen LogP contribution in [0.5, 0.6) is 0 Å². The summed E-state index contributed by atoms with van der Waals surface area (Å²) >= 11 is 0. The molecule has 1 N–H and O–H groups in total. The highest BCUT2D eigenvalue weighted by molar-refractivity contribution is 5.82. The number of carbonyl (C=O) groups is 1. The molecule has 0 radical (unpaired) electrons. The number of piperidine rings is 1. The normalized spacial score (nSPS) is 30.3. The third-order valence-corrected chi connectivity index (χ3v) is 3.41. The largest absolute Gasteiger partial charge is 0.382 e. The van der Waals surface area contributed by atoms with E-state index in [-0.39, 0.29) is 18.1 Å². The van der Waals surface area contributed by atoms with Crippen LogP contribution in [0, 0.1) is 0 Å². The van der Waals surface area contributed by atoms with Crippen LogP contribution in [0.3, 0.4) is 0 Å². The standard InChI is InChI=1S/C12H22N2O3/c1-16-9-10-8-14(6-7-17-10)12(15)11-4-2-3-5-13-11/h10-11,13H,2-9H2,1H3/t10-,11-/m0/s1. The zero-order chi connectivity index (χ0) is 12.1. The Kier molecular flexibility index (Phi) is 4.76. The van der Waals surface area contributed by atoms with Gasteiger partial charge in [-0.2, -0.15) is 0 Å². The molecular weight excluding hydrogens is 220 g/mol. The predicted molar refractivity (Wildman–Crippen MR) is 63.8 cm³/mol. The molecule has 2 fully saturated rings. The Morgan fingerprint density at radius 1 is 1.53 bits per heavy atom. The molecule has 2 atom stereocenters. The quantitative estimate of drug-likeness (QED) is 0.757. The average Bonchev–Trinajstić information content (AvgIpc) is 2.40. The van der Waals surface area contributed by atoms with Gasteiger partial charge in [0.05, 0.1) is 25.4 Å². The Balaban J connectivity index is 1.85. The van der Waals surface area contributed by atoms with Crippen molar-refractivity contribution in [3.63, 3.8) is 0 Å². The highest BCUT2D eigenvalue weighted by Gasteiger charge is 2.29. The van der Waals surface area contributed by atoms with Gasteiger partial charge in [-0.15, -0.1) is 0 Å². The number of nitrogens with zero attached hydrogens (tertiary/aromatic N) is 1. The van der Waals surface area contributed by atoms with E-state index in [1.54, 1.807) is 7.11 Å². The molecule has 2 aliphatic heterocycles. The van der Waals surface area contributed by atoms with Gasteiger partial charge in [-0.05, 0) is 19.4 Å². The number of hydrogen-bond acceptors (Lipinski definition) is 4. The molecule has 0 spiro atoms. The smallest absolute Gasteiger partial charge is 0.239 e. The second-order valence-corrected chi connectivity index (χ2v) is 4.73. The van der Waals surface area contributed by atoms with Crippen LogP contribution in [0.2, 0.25) is 0 Å². The maximum Gasteiger partial charge on any atom is 0.239 e. The number of rotatable bonds is 3. The van der Waals surface area contributed by atoms with E-state index in [1.165, 1.54) is 6.42 Å². The minimum Gasteiger partial charge on any atom is -0.382 e. The van der Waals surface area contributed by atoms with Crippen LogP contribution < -0.4 is 5.32 Å². The number of morpholine rings is 1. The van der Waals surface area contributed by atoms with Gasteiger partial charge in [-0.25, -0.2) is 0 Å². The Labute approximate surface area is 102 Å². The Bertz CT molecular complexity index is 252. The van der Waals surface area contributed by atoms with Crippen LogP contribution >= 0.6 is 0 Å². The number of amides is 1. The fourth-order valence-corrected chi connectivity index (χ4v) is 2.49. The van der Waals surface area contributed by atoms with E-state index in [0.29, 0.717) is 26.3 Å². The zero-order valence-electron chi connectivity index (χ0n) is 10.5. The Hall–Kier alpha value is -0.650. The highest BCUT2D eigenvalue weighted by Crippen LogP contribution is 2.13. The van der Waals surface area contributed by atoms with Crippen molar-refractivity contribution in [3.8, 4) is 0 Å². The molecule has 0 unspecified atom stereocenters. The monoisotopic (exact) mass is 242 g/mol. The fourth-order valence-electron chi connectivity index (χ4n) is 2.49. The molecule has 2 heterocycles. The first-order chi connectivity index (χ1) is 8.31. The molecule has 0 aromatic carbocycles. The van der Waals surface area contributed by atoms with Crippen LogP contribution in [0.25, 0.3) is 0 Å². The van der Waals surface area contributed by atoms with Crippen molar-refractivity contribution in [2.75, 3.05) is 40.0 Å². The third kappa shape index (κ3) is 3.40. The number of methoxy groups -OCH3 is 1. The van der Waals surface area contributed by atoms with E-state index in [9.17, 15) is 4.79 Å². The van der Waals surface area contributed by atoms with Crippen LogP contribution in [0.15, 0.2) is 0 Å². The number of carbonyl (C=O) groups excluding carboxylic acids is 1. The van der Waals surface area contributed by atoms with Crippen LogP contribution in [-0.4, -0.2) is 62.9 Å². The second kappa shape index (κ2) is 6.33. The molecule has 0 bridgehead atoms. The maximum atomic E-state index is 12.3. The van der Waals surface area contributed by atoms with Crippen molar-refractivity contribution in [2.24, 2.45) is 0 Å². The molecule has 5 heteroatoms. The first-order valence-electron chi connectivity index (χ1n) is 6.44. The van der Waals surface area contributed by atoms with Crippen LogP contribution in [-0.2, 0) is 14.3 Å². The van der Waals surface area contributed by atoms with E-state index >= 15 is 0 Å². The summed E-state index contributed by atoms with van der Waals surface area (Å²) in [5, 5.41) is 3.30. The van der Waals surface area contributed by atoms with E-state index in [1.807, 2.05) is 4.90 Å². The second-order valence-electron chi connectivity index (χ2n) is 4.73. The molecule has 5 nitrogen and oxygen atoms in total. The molecule has 0 aromatic heterocycles. The SMILES string of the molecule is COC[C@@H]1CN(C(=O)[C@@H]2CCCCN2)CCO1. The number of ether oxygens (including phenoxy) is 2. The zero-order valence-corrected chi connectivity index (χ0v) is 10.5. The average molecular weight is 242 g/mol. The van der Waals surface area contributed by atoms with Gasteiger partial charge in [0, 0.05) is 20.2 Å². The maximum absolute atomic E-state index is 12.3. The summed E-state index contributed by atoms with van der Waals surface area (Å²) in [5.74, 6) is 0.231. The molecule has 1 amide bonds. The molecule has 98 valence electrons. The lowest BCUT2D eigenvalue weighted by Gasteiger charge is -2.35. The van der Waals surface area contributed by atoms with Gasteiger partial charge in [0.25, 0.3) is 0 Å². The lowest BCUT2D eigenvalue weighted by molar-refractivity contribution is -0.143. The summed E-state index contributed by atoms with van der Waals surface area (Å²) in [4.78, 5) is 14.2. The molecule has 0 aliphatic carbocycles. The molecular formula is C12H22N2O3. The summed E-state index contributed by atoms with van der Waals surface area (Å²) < 4.78 is 10.6. The van der Waals surface area contributed by atoms with E-state index in [0.717, 1.165) is 19.4 Å². The fraction of sp³-hybridized carbons (Fsp3) is 0.917. The van der Waals surface area contributed by atoms with Gasteiger partial charge >= 0.3 is 0 Å².